The Hall–Kier alpha value is -3.33. The van der Waals surface area contributed by atoms with Gasteiger partial charge in [-0.25, -0.2) is 4.98 Å². The predicted octanol–water partition coefficient (Wildman–Crippen LogP) is 3.98. The third-order valence-electron chi connectivity index (χ3n) is 4.22. The molecule has 5 rings (SSSR count). The molecule has 0 N–H and O–H groups in total. The Morgan fingerprint density at radius 1 is 1.07 bits per heavy atom. The summed E-state index contributed by atoms with van der Waals surface area (Å²) in [5, 5.41) is 18.9. The molecule has 1 aromatic carbocycles. The molecule has 0 aliphatic rings. The van der Waals surface area contributed by atoms with E-state index in [4.69, 9.17) is 9.26 Å². The number of halogens is 1. The van der Waals surface area contributed by atoms with Gasteiger partial charge in [-0.15, -0.1) is 15.3 Å². The largest absolute Gasteiger partial charge is 0.470 e. The summed E-state index contributed by atoms with van der Waals surface area (Å²) < 4.78 is 13.6. The molecule has 0 bridgehead atoms. The molecular formula is C19H13BrN6O2. The Morgan fingerprint density at radius 3 is 2.71 bits per heavy atom. The fourth-order valence-electron chi connectivity index (χ4n) is 2.96. The lowest BCUT2D eigenvalue weighted by Crippen LogP contribution is -2.04. The summed E-state index contributed by atoms with van der Waals surface area (Å²) in [4.78, 5) is 4.40. The van der Waals surface area contributed by atoms with Crippen LogP contribution in [0.4, 0.5) is 0 Å². The number of rotatable bonds is 4. The van der Waals surface area contributed by atoms with Crippen LogP contribution in [-0.4, -0.2) is 30.0 Å². The van der Waals surface area contributed by atoms with Crippen LogP contribution >= 0.6 is 15.9 Å². The molecule has 0 aliphatic carbocycles. The molecule has 0 unspecified atom stereocenters. The number of hydrogen-bond acceptors (Lipinski definition) is 7. The van der Waals surface area contributed by atoms with E-state index in [1.807, 2.05) is 49.4 Å². The van der Waals surface area contributed by atoms with Crippen molar-refractivity contribution >= 4 is 32.3 Å². The van der Waals surface area contributed by atoms with Crippen molar-refractivity contribution in [2.45, 2.75) is 13.5 Å². The molecule has 9 heteroatoms. The molecule has 138 valence electrons. The van der Waals surface area contributed by atoms with Crippen LogP contribution in [0.25, 0.3) is 27.9 Å². The van der Waals surface area contributed by atoms with Crippen molar-refractivity contribution < 1.29 is 9.26 Å². The van der Waals surface area contributed by atoms with Crippen molar-refractivity contribution in [1.29, 1.82) is 0 Å². The van der Waals surface area contributed by atoms with Gasteiger partial charge in [0.05, 0.1) is 5.69 Å². The number of nitrogens with zero attached hydrogens (tertiary/aromatic N) is 6. The summed E-state index contributed by atoms with van der Waals surface area (Å²) in [6.45, 7) is 2.10. The van der Waals surface area contributed by atoms with Crippen molar-refractivity contribution in [1.82, 2.24) is 30.0 Å². The quantitative estimate of drug-likeness (QED) is 0.393. The summed E-state index contributed by atoms with van der Waals surface area (Å²) in [6.07, 6.45) is 0. The lowest BCUT2D eigenvalue weighted by atomic mass is 10.2. The van der Waals surface area contributed by atoms with E-state index < -0.39 is 0 Å². The van der Waals surface area contributed by atoms with Gasteiger partial charge in [0.15, 0.2) is 11.3 Å². The molecule has 0 amide bonds. The minimum atomic E-state index is 0.280. The molecule has 4 heterocycles. The molecule has 0 aliphatic heterocycles. The van der Waals surface area contributed by atoms with Gasteiger partial charge in [0.1, 0.15) is 17.0 Å². The van der Waals surface area contributed by atoms with E-state index in [9.17, 15) is 0 Å². The molecule has 0 spiro atoms. The Kier molecular flexibility index (Phi) is 4.01. The lowest BCUT2D eigenvalue weighted by Gasteiger charge is -2.09. The van der Waals surface area contributed by atoms with Crippen LogP contribution < -0.4 is 4.74 Å². The number of pyridine rings is 1. The highest BCUT2D eigenvalue weighted by atomic mass is 79.9. The second-order valence-corrected chi connectivity index (χ2v) is 6.99. The zero-order chi connectivity index (χ0) is 19.1. The number of benzene rings is 1. The van der Waals surface area contributed by atoms with Crippen molar-refractivity contribution in [3.05, 3.63) is 64.6 Å². The van der Waals surface area contributed by atoms with Gasteiger partial charge in [-0.2, -0.15) is 4.52 Å². The first-order valence-corrected chi connectivity index (χ1v) is 9.30. The Labute approximate surface area is 167 Å². The van der Waals surface area contributed by atoms with Crippen LogP contribution in [0, 0.1) is 6.92 Å². The molecule has 4 aromatic heterocycles. The van der Waals surface area contributed by atoms with E-state index in [2.05, 4.69) is 41.4 Å². The normalized spacial score (nSPS) is 11.4. The summed E-state index contributed by atoms with van der Waals surface area (Å²) >= 11 is 3.37. The van der Waals surface area contributed by atoms with Gasteiger partial charge in [0.25, 0.3) is 0 Å². The van der Waals surface area contributed by atoms with E-state index in [1.165, 1.54) is 0 Å². The monoisotopic (exact) mass is 436 g/mol. The van der Waals surface area contributed by atoms with Crippen molar-refractivity contribution in [3.8, 4) is 17.4 Å². The molecular weight excluding hydrogens is 424 g/mol. The minimum absolute atomic E-state index is 0.280. The SMILES string of the molecule is Cc1cc(-c2nnc3c4ccccc4c(OCc4cccc(Br)n4)nn23)no1. The molecule has 0 radical (unpaired) electrons. The highest BCUT2D eigenvalue weighted by molar-refractivity contribution is 9.10. The number of aryl methyl sites for hydroxylation is 1. The fourth-order valence-corrected chi connectivity index (χ4v) is 3.34. The van der Waals surface area contributed by atoms with Crippen LogP contribution in [0.2, 0.25) is 0 Å². The van der Waals surface area contributed by atoms with Crippen molar-refractivity contribution in [3.63, 3.8) is 0 Å². The van der Waals surface area contributed by atoms with E-state index >= 15 is 0 Å². The third-order valence-corrected chi connectivity index (χ3v) is 4.66. The first-order chi connectivity index (χ1) is 13.7. The first kappa shape index (κ1) is 16.8. The van der Waals surface area contributed by atoms with Gasteiger partial charge in [-0.1, -0.05) is 29.4 Å². The number of hydrogen-bond donors (Lipinski definition) is 0. The molecule has 0 atom stereocenters. The summed E-state index contributed by atoms with van der Waals surface area (Å²) in [6, 6.07) is 15.2. The van der Waals surface area contributed by atoms with E-state index in [0.29, 0.717) is 28.8 Å². The zero-order valence-electron chi connectivity index (χ0n) is 14.7. The fraction of sp³-hybridized carbons (Fsp3) is 0.105. The van der Waals surface area contributed by atoms with Gasteiger partial charge in [0.2, 0.25) is 11.7 Å². The average Bonchev–Trinajstić information content (AvgIpc) is 3.32. The van der Waals surface area contributed by atoms with E-state index in [-0.39, 0.29) is 6.61 Å². The average molecular weight is 437 g/mol. The maximum Gasteiger partial charge on any atom is 0.240 e. The van der Waals surface area contributed by atoms with Gasteiger partial charge in [0, 0.05) is 16.8 Å². The van der Waals surface area contributed by atoms with Crippen LogP contribution in [0.3, 0.4) is 0 Å². The minimum Gasteiger partial charge on any atom is -0.470 e. The van der Waals surface area contributed by atoms with Crippen molar-refractivity contribution in [2.24, 2.45) is 0 Å². The lowest BCUT2D eigenvalue weighted by molar-refractivity contribution is 0.289. The number of fused-ring (bicyclic) bond motifs is 3. The maximum atomic E-state index is 6.02. The molecule has 5 aromatic rings. The van der Waals surface area contributed by atoms with Gasteiger partial charge >= 0.3 is 0 Å². The number of aromatic nitrogens is 6. The molecule has 28 heavy (non-hydrogen) atoms. The standard InChI is InChI=1S/C19H13BrN6O2/c1-11-9-15(25-28-11)18-23-22-17-13-6-2-3-7-14(13)19(24-26(17)18)27-10-12-5-4-8-16(20)21-12/h2-9H,10H2,1H3. The summed E-state index contributed by atoms with van der Waals surface area (Å²) in [5.74, 6) is 1.64. The second-order valence-electron chi connectivity index (χ2n) is 6.17. The topological polar surface area (TPSA) is 91.2 Å². The van der Waals surface area contributed by atoms with Gasteiger partial charge < -0.3 is 9.26 Å². The zero-order valence-corrected chi connectivity index (χ0v) is 16.3. The Balaban J connectivity index is 1.64. The smallest absolute Gasteiger partial charge is 0.240 e. The molecule has 8 nitrogen and oxygen atoms in total. The van der Waals surface area contributed by atoms with Crippen LogP contribution in [0.15, 0.2) is 57.7 Å². The highest BCUT2D eigenvalue weighted by Crippen LogP contribution is 2.29. The van der Waals surface area contributed by atoms with Gasteiger partial charge in [-0.05, 0) is 41.1 Å². The number of ether oxygens (including phenoxy) is 1. The molecule has 0 saturated heterocycles. The Bertz CT molecular complexity index is 1310. The molecule has 0 saturated carbocycles. The van der Waals surface area contributed by atoms with Crippen LogP contribution in [0.1, 0.15) is 11.5 Å². The van der Waals surface area contributed by atoms with Crippen molar-refractivity contribution in [2.75, 3.05) is 0 Å². The molecule has 0 fully saturated rings. The first-order valence-electron chi connectivity index (χ1n) is 8.51. The third kappa shape index (κ3) is 2.89. The van der Waals surface area contributed by atoms with Gasteiger partial charge in [-0.3, -0.25) is 0 Å². The Morgan fingerprint density at radius 2 is 1.93 bits per heavy atom. The van der Waals surface area contributed by atoms with Crippen LogP contribution in [-0.2, 0) is 6.61 Å². The van der Waals surface area contributed by atoms with Crippen LogP contribution in [0.5, 0.6) is 5.88 Å². The predicted molar refractivity (Wildman–Crippen MR) is 105 cm³/mol. The highest BCUT2D eigenvalue weighted by Gasteiger charge is 2.18. The second kappa shape index (κ2) is 6.68. The van der Waals surface area contributed by atoms with E-state index in [1.54, 1.807) is 10.6 Å². The van der Waals surface area contributed by atoms with E-state index in [0.717, 1.165) is 21.1 Å². The summed E-state index contributed by atoms with van der Waals surface area (Å²) in [7, 11) is 0. The maximum absolute atomic E-state index is 6.02. The summed E-state index contributed by atoms with van der Waals surface area (Å²) in [5.41, 5.74) is 1.98.